The Bertz CT molecular complexity index is 3140. The van der Waals surface area contributed by atoms with Crippen molar-refractivity contribution in [2.45, 2.75) is 0 Å². The molecule has 0 unspecified atom stereocenters. The molecule has 0 aliphatic heterocycles. The molecule has 0 saturated carbocycles. The summed E-state index contributed by atoms with van der Waals surface area (Å²) in [5, 5.41) is 5.75. The first-order valence-electron chi connectivity index (χ1n) is 18.4. The lowest BCUT2D eigenvalue weighted by atomic mass is 9.84. The molecule has 0 fully saturated rings. The molecule has 10 aromatic rings. The van der Waals surface area contributed by atoms with Crippen LogP contribution in [0.5, 0.6) is 0 Å². The van der Waals surface area contributed by atoms with E-state index in [0.717, 1.165) is 37.9 Å². The van der Waals surface area contributed by atoms with Crippen molar-refractivity contribution >= 4 is 76.2 Å². The van der Waals surface area contributed by atoms with Gasteiger partial charge in [-0.15, -0.1) is 0 Å². The van der Waals surface area contributed by atoms with Gasteiger partial charge in [0.25, 0.3) is 0 Å². The molecule has 0 atom stereocenters. The number of furan rings is 2. The van der Waals surface area contributed by atoms with Gasteiger partial charge in [-0.05, 0) is 84.9 Å². The lowest BCUT2D eigenvalue weighted by molar-refractivity contribution is 0.663. The summed E-state index contributed by atoms with van der Waals surface area (Å²) in [7, 11) is 0. The van der Waals surface area contributed by atoms with Crippen molar-refractivity contribution < 1.29 is 19.8 Å². The summed E-state index contributed by atoms with van der Waals surface area (Å²) >= 11 is 0. The Labute approximate surface area is 263 Å². The molecule has 0 aliphatic carbocycles. The number of hydrogen-bond donors (Lipinski definition) is 0. The Kier molecular flexibility index (Phi) is 3.47. The Balaban J connectivity index is 1.41. The highest BCUT2D eigenvalue weighted by molar-refractivity contribution is 6.25. The molecule has 0 radical (unpaired) electrons. The van der Waals surface area contributed by atoms with Gasteiger partial charge >= 0.3 is 0 Å². The molecular formula is C42H24O2. The molecule has 2 heteroatoms. The third-order valence-corrected chi connectivity index (χ3v) is 8.70. The summed E-state index contributed by atoms with van der Waals surface area (Å²) < 4.78 is 85.0. The van der Waals surface area contributed by atoms with Crippen molar-refractivity contribution in [1.82, 2.24) is 0 Å². The summed E-state index contributed by atoms with van der Waals surface area (Å²) in [6, 6.07) is 27.4. The van der Waals surface area contributed by atoms with E-state index in [2.05, 4.69) is 0 Å². The first-order valence-corrected chi connectivity index (χ1v) is 14.4. The minimum Gasteiger partial charge on any atom is -0.456 e. The van der Waals surface area contributed by atoms with Crippen LogP contribution in [0, 0.1) is 0 Å². The lowest BCUT2D eigenvalue weighted by Gasteiger charge is -2.18. The standard InChI is InChI=1S/C42H24O2/c1-2-12-27-25(10-1)11-9-18-29(27)40-32-15-5-3-13-30(32)39(31-14-4-6-16-33(31)40)26-20-21-28-34-22-23-37-41(42(34)44-38(28)24-26)35-17-7-8-19-36(35)43-37/h1-24H/i3D,4D,5D,6D,13D,14D,15D,16D. The van der Waals surface area contributed by atoms with Crippen LogP contribution in [0.1, 0.15) is 11.0 Å². The van der Waals surface area contributed by atoms with E-state index >= 15 is 0 Å². The molecule has 2 heterocycles. The van der Waals surface area contributed by atoms with Crippen LogP contribution in [0.15, 0.2) is 154 Å². The summed E-state index contributed by atoms with van der Waals surface area (Å²) in [5.74, 6) is 0. The predicted octanol–water partition coefficient (Wildman–Crippen LogP) is 12.3. The number of fused-ring (bicyclic) bond motifs is 10. The molecular weight excluding hydrogens is 536 g/mol. The predicted molar refractivity (Wildman–Crippen MR) is 184 cm³/mol. The van der Waals surface area contributed by atoms with E-state index in [1.54, 1.807) is 6.07 Å². The van der Waals surface area contributed by atoms with Crippen LogP contribution >= 0.6 is 0 Å². The number of para-hydroxylation sites is 1. The van der Waals surface area contributed by atoms with Gasteiger partial charge in [0, 0.05) is 16.2 Å². The largest absolute Gasteiger partial charge is 0.456 e. The first kappa shape index (κ1) is 17.3. The van der Waals surface area contributed by atoms with Crippen LogP contribution in [0.2, 0.25) is 0 Å². The molecule has 0 bridgehead atoms. The topological polar surface area (TPSA) is 26.3 Å². The van der Waals surface area contributed by atoms with E-state index in [1.807, 2.05) is 91.0 Å². The van der Waals surface area contributed by atoms with Gasteiger partial charge in [-0.3, -0.25) is 0 Å². The van der Waals surface area contributed by atoms with E-state index in [-0.39, 0.29) is 51.3 Å². The van der Waals surface area contributed by atoms with Crippen molar-refractivity contribution in [3.8, 4) is 22.3 Å². The zero-order valence-corrected chi connectivity index (χ0v) is 23.1. The SMILES string of the molecule is [2H]c1c([2H])c([2H])c2c(-c3cccc4ccccc34)c3c([2H])c([2H])c([2H])c([2H])c3c(-c3ccc4c(c3)oc3c4ccc4oc5ccccc5c43)c2c1[2H]. The van der Waals surface area contributed by atoms with Crippen LogP contribution in [0.4, 0.5) is 0 Å². The first-order chi connectivity index (χ1) is 25.2. The Morgan fingerprint density at radius 1 is 0.432 bits per heavy atom. The average Bonchev–Trinajstić information content (AvgIpc) is 3.74. The van der Waals surface area contributed by atoms with Gasteiger partial charge in [-0.25, -0.2) is 0 Å². The second kappa shape index (κ2) is 8.82. The number of hydrogen-bond acceptors (Lipinski definition) is 2. The molecule has 2 aromatic heterocycles. The van der Waals surface area contributed by atoms with Gasteiger partial charge in [-0.2, -0.15) is 0 Å². The highest BCUT2D eigenvalue weighted by Crippen LogP contribution is 2.46. The second-order valence-electron chi connectivity index (χ2n) is 11.0. The third kappa shape index (κ3) is 3.20. The fourth-order valence-corrected chi connectivity index (χ4v) is 6.82. The lowest BCUT2D eigenvalue weighted by Crippen LogP contribution is -1.91. The second-order valence-corrected chi connectivity index (χ2v) is 11.0. The number of benzene rings is 8. The molecule has 10 rings (SSSR count). The van der Waals surface area contributed by atoms with Crippen molar-refractivity contribution in [3.05, 3.63) is 145 Å². The summed E-state index contributed by atoms with van der Waals surface area (Å²) in [4.78, 5) is 0. The van der Waals surface area contributed by atoms with E-state index in [9.17, 15) is 5.48 Å². The van der Waals surface area contributed by atoms with E-state index in [0.29, 0.717) is 33.4 Å². The molecule has 0 amide bonds. The smallest absolute Gasteiger partial charge is 0.147 e. The molecule has 0 aliphatic rings. The quantitative estimate of drug-likeness (QED) is 0.194. The van der Waals surface area contributed by atoms with Gasteiger partial charge in [0.1, 0.15) is 22.3 Å². The zero-order valence-electron chi connectivity index (χ0n) is 31.1. The van der Waals surface area contributed by atoms with Crippen LogP contribution in [-0.2, 0) is 0 Å². The van der Waals surface area contributed by atoms with Crippen LogP contribution in [0.3, 0.4) is 0 Å². The van der Waals surface area contributed by atoms with Crippen molar-refractivity contribution in [2.24, 2.45) is 0 Å². The monoisotopic (exact) mass is 568 g/mol. The maximum atomic E-state index is 9.32. The maximum absolute atomic E-state index is 9.32. The summed E-state index contributed by atoms with van der Waals surface area (Å²) in [6.07, 6.45) is 0. The molecule has 0 saturated heterocycles. The Morgan fingerprint density at radius 2 is 1.09 bits per heavy atom. The molecule has 0 N–H and O–H groups in total. The van der Waals surface area contributed by atoms with Gasteiger partial charge in [-0.1, -0.05) is 115 Å². The van der Waals surface area contributed by atoms with Crippen LogP contribution < -0.4 is 0 Å². The maximum Gasteiger partial charge on any atom is 0.147 e. The van der Waals surface area contributed by atoms with Gasteiger partial charge in [0.2, 0.25) is 0 Å². The van der Waals surface area contributed by atoms with Gasteiger partial charge in [0.05, 0.1) is 16.4 Å². The normalized spacial score (nSPS) is 14.6. The molecule has 0 spiro atoms. The average molecular weight is 569 g/mol. The van der Waals surface area contributed by atoms with E-state index in [4.69, 9.17) is 14.3 Å². The summed E-state index contributed by atoms with van der Waals surface area (Å²) in [5.41, 5.74) is 4.23. The highest BCUT2D eigenvalue weighted by atomic mass is 16.3. The fourth-order valence-electron chi connectivity index (χ4n) is 6.82. The number of rotatable bonds is 2. The van der Waals surface area contributed by atoms with Crippen molar-refractivity contribution in [2.75, 3.05) is 0 Å². The summed E-state index contributed by atoms with van der Waals surface area (Å²) in [6.45, 7) is 0. The molecule has 204 valence electrons. The van der Waals surface area contributed by atoms with Crippen molar-refractivity contribution in [3.63, 3.8) is 0 Å². The minimum atomic E-state index is -0.443. The minimum absolute atomic E-state index is 0.158. The molecule has 2 nitrogen and oxygen atoms in total. The zero-order chi connectivity index (χ0) is 35.7. The van der Waals surface area contributed by atoms with E-state index < -0.39 is 24.2 Å². The fraction of sp³-hybridized carbons (Fsp3) is 0. The van der Waals surface area contributed by atoms with Gasteiger partial charge in [0.15, 0.2) is 0 Å². The van der Waals surface area contributed by atoms with Gasteiger partial charge < -0.3 is 8.83 Å². The van der Waals surface area contributed by atoms with E-state index in [1.165, 1.54) is 0 Å². The Morgan fingerprint density at radius 3 is 1.89 bits per heavy atom. The molecule has 44 heavy (non-hydrogen) atoms. The van der Waals surface area contributed by atoms with Crippen molar-refractivity contribution in [1.29, 1.82) is 0 Å². The highest BCUT2D eigenvalue weighted by Gasteiger charge is 2.20. The van der Waals surface area contributed by atoms with Crippen LogP contribution in [0.25, 0.3) is 98.4 Å². The Hall–Kier alpha value is -5.86. The third-order valence-electron chi connectivity index (χ3n) is 8.70. The van der Waals surface area contributed by atoms with Crippen LogP contribution in [-0.4, -0.2) is 0 Å². The molecule has 8 aromatic carbocycles.